The summed E-state index contributed by atoms with van der Waals surface area (Å²) in [5.74, 6) is 0.501. The zero-order chi connectivity index (χ0) is 14.8. The van der Waals surface area contributed by atoms with Crippen molar-refractivity contribution in [1.82, 2.24) is 10.2 Å². The second-order valence-corrected chi connectivity index (χ2v) is 6.98. The number of piperidine rings is 2. The Hall–Kier alpha value is -0.840. The molecule has 0 bridgehead atoms. The van der Waals surface area contributed by atoms with E-state index >= 15 is 0 Å². The van der Waals surface area contributed by atoms with Crippen molar-refractivity contribution in [3.63, 3.8) is 0 Å². The van der Waals surface area contributed by atoms with E-state index < -0.39 is 11.8 Å². The van der Waals surface area contributed by atoms with Gasteiger partial charge < -0.3 is 15.0 Å². The molecule has 2 saturated heterocycles. The zero-order valence-corrected chi connectivity index (χ0v) is 12.8. The number of likely N-dealkylation sites (tertiary alicyclic amines) is 1. The van der Waals surface area contributed by atoms with E-state index in [1.165, 1.54) is 0 Å². The van der Waals surface area contributed by atoms with Gasteiger partial charge in [-0.3, -0.25) is 0 Å². The maximum absolute atomic E-state index is 14.0. The van der Waals surface area contributed by atoms with Crippen LogP contribution in [0.1, 0.15) is 40.0 Å². The van der Waals surface area contributed by atoms with Crippen molar-refractivity contribution in [3.05, 3.63) is 0 Å². The molecule has 2 atom stereocenters. The highest BCUT2D eigenvalue weighted by atomic mass is 19.1. The van der Waals surface area contributed by atoms with Crippen LogP contribution in [0, 0.1) is 11.8 Å². The van der Waals surface area contributed by atoms with Crippen LogP contribution >= 0.6 is 0 Å². The molecule has 0 radical (unpaired) electrons. The molecule has 2 fully saturated rings. The van der Waals surface area contributed by atoms with Crippen molar-refractivity contribution in [2.75, 3.05) is 26.2 Å². The molecular formula is C15H27FN2O2. The Morgan fingerprint density at radius 1 is 1.25 bits per heavy atom. The number of nitrogens with zero attached hydrogens (tertiary/aromatic N) is 1. The Morgan fingerprint density at radius 3 is 2.45 bits per heavy atom. The summed E-state index contributed by atoms with van der Waals surface area (Å²) < 4.78 is 19.3. The molecule has 2 aliphatic heterocycles. The van der Waals surface area contributed by atoms with Crippen LogP contribution in [-0.2, 0) is 4.74 Å². The lowest BCUT2D eigenvalue weighted by atomic mass is 9.79. The van der Waals surface area contributed by atoms with Crippen LogP contribution in [0.5, 0.6) is 0 Å². The number of carbonyl (C=O) groups excluding carboxylic acids is 1. The Kier molecular flexibility index (Phi) is 4.89. The summed E-state index contributed by atoms with van der Waals surface area (Å²) in [6.07, 6.45) is 1.46. The van der Waals surface area contributed by atoms with Crippen molar-refractivity contribution >= 4 is 6.09 Å². The maximum Gasteiger partial charge on any atom is 0.410 e. The van der Waals surface area contributed by atoms with E-state index in [4.69, 9.17) is 4.74 Å². The second kappa shape index (κ2) is 6.29. The predicted molar refractivity (Wildman–Crippen MR) is 76.4 cm³/mol. The van der Waals surface area contributed by atoms with Crippen LogP contribution in [0.25, 0.3) is 0 Å². The molecule has 5 heteroatoms. The Balaban J connectivity index is 1.81. The van der Waals surface area contributed by atoms with Crippen molar-refractivity contribution in [2.45, 2.75) is 51.8 Å². The average molecular weight is 286 g/mol. The number of hydrogen-bond acceptors (Lipinski definition) is 3. The number of ether oxygens (including phenoxy) is 1. The Morgan fingerprint density at radius 2 is 1.90 bits per heavy atom. The van der Waals surface area contributed by atoms with Gasteiger partial charge in [-0.15, -0.1) is 0 Å². The number of carbonyl (C=O) groups is 1. The number of halogens is 1. The summed E-state index contributed by atoms with van der Waals surface area (Å²) in [5.41, 5.74) is -0.453. The third kappa shape index (κ3) is 4.08. The first-order valence-corrected chi connectivity index (χ1v) is 7.69. The number of nitrogens with one attached hydrogen (secondary N) is 1. The van der Waals surface area contributed by atoms with Gasteiger partial charge in [0.05, 0.1) is 0 Å². The van der Waals surface area contributed by atoms with E-state index in [0.717, 1.165) is 25.9 Å². The molecule has 2 heterocycles. The zero-order valence-electron chi connectivity index (χ0n) is 12.8. The molecule has 2 aliphatic rings. The van der Waals surface area contributed by atoms with E-state index in [1.54, 1.807) is 4.90 Å². The van der Waals surface area contributed by atoms with Gasteiger partial charge in [0.1, 0.15) is 11.8 Å². The van der Waals surface area contributed by atoms with Gasteiger partial charge in [-0.25, -0.2) is 9.18 Å². The molecule has 0 aliphatic carbocycles. The Bertz CT molecular complexity index is 335. The van der Waals surface area contributed by atoms with Gasteiger partial charge in [0, 0.05) is 25.6 Å². The topological polar surface area (TPSA) is 41.6 Å². The predicted octanol–water partition coefficient (Wildman–Crippen LogP) is 2.58. The SMILES string of the molecule is CC(C)(C)OC(=O)N1CCC(C2CNCCC2F)CC1. The van der Waals surface area contributed by atoms with Crippen molar-refractivity contribution in [2.24, 2.45) is 11.8 Å². The molecule has 1 amide bonds. The summed E-state index contributed by atoms with van der Waals surface area (Å²) in [7, 11) is 0. The molecule has 0 saturated carbocycles. The highest BCUT2D eigenvalue weighted by Gasteiger charge is 2.35. The normalized spacial score (nSPS) is 29.3. The summed E-state index contributed by atoms with van der Waals surface area (Å²) in [6, 6.07) is 0. The molecule has 0 spiro atoms. The van der Waals surface area contributed by atoms with E-state index in [0.29, 0.717) is 25.4 Å². The maximum atomic E-state index is 14.0. The van der Waals surface area contributed by atoms with Gasteiger partial charge in [0.25, 0.3) is 0 Å². The Labute approximate surface area is 121 Å². The second-order valence-electron chi connectivity index (χ2n) is 6.98. The van der Waals surface area contributed by atoms with Crippen LogP contribution in [-0.4, -0.2) is 48.9 Å². The van der Waals surface area contributed by atoms with Crippen LogP contribution in [0.15, 0.2) is 0 Å². The first-order valence-electron chi connectivity index (χ1n) is 7.69. The molecule has 0 aromatic heterocycles. The highest BCUT2D eigenvalue weighted by molar-refractivity contribution is 5.68. The fourth-order valence-corrected chi connectivity index (χ4v) is 3.15. The van der Waals surface area contributed by atoms with Crippen molar-refractivity contribution in [1.29, 1.82) is 0 Å². The minimum atomic E-state index is -0.686. The first kappa shape index (κ1) is 15.5. The van der Waals surface area contributed by atoms with E-state index in [2.05, 4.69) is 5.32 Å². The number of alkyl halides is 1. The monoisotopic (exact) mass is 286 g/mol. The molecule has 0 aromatic carbocycles. The van der Waals surface area contributed by atoms with Crippen LogP contribution in [0.3, 0.4) is 0 Å². The fourth-order valence-electron chi connectivity index (χ4n) is 3.15. The first-order chi connectivity index (χ1) is 9.37. The average Bonchev–Trinajstić information content (AvgIpc) is 2.37. The molecule has 2 rings (SSSR count). The number of amides is 1. The minimum absolute atomic E-state index is 0.115. The summed E-state index contributed by atoms with van der Waals surface area (Å²) in [4.78, 5) is 13.7. The molecule has 2 unspecified atom stereocenters. The van der Waals surface area contributed by atoms with E-state index in [-0.39, 0.29) is 12.0 Å². The summed E-state index contributed by atoms with van der Waals surface area (Å²) in [5, 5.41) is 3.28. The van der Waals surface area contributed by atoms with Gasteiger partial charge in [-0.05, 0) is 52.5 Å². The third-order valence-electron chi connectivity index (χ3n) is 4.24. The lowest BCUT2D eigenvalue weighted by Gasteiger charge is -2.39. The van der Waals surface area contributed by atoms with Crippen LogP contribution in [0.2, 0.25) is 0 Å². The van der Waals surface area contributed by atoms with Crippen LogP contribution < -0.4 is 5.32 Å². The lowest BCUT2D eigenvalue weighted by molar-refractivity contribution is 0.0115. The van der Waals surface area contributed by atoms with Crippen molar-refractivity contribution < 1.29 is 13.9 Å². The van der Waals surface area contributed by atoms with Gasteiger partial charge in [-0.2, -0.15) is 0 Å². The van der Waals surface area contributed by atoms with Crippen molar-refractivity contribution in [3.8, 4) is 0 Å². The number of rotatable bonds is 1. The molecule has 20 heavy (non-hydrogen) atoms. The van der Waals surface area contributed by atoms with E-state index in [1.807, 2.05) is 20.8 Å². The standard InChI is InChI=1S/C15H27FN2O2/c1-15(2,3)20-14(19)18-8-5-11(6-9-18)12-10-17-7-4-13(12)16/h11-13,17H,4-10H2,1-3H3. The molecular weight excluding hydrogens is 259 g/mol. The summed E-state index contributed by atoms with van der Waals surface area (Å²) in [6.45, 7) is 8.55. The summed E-state index contributed by atoms with van der Waals surface area (Å²) >= 11 is 0. The number of hydrogen-bond donors (Lipinski definition) is 1. The largest absolute Gasteiger partial charge is 0.444 e. The quantitative estimate of drug-likeness (QED) is 0.805. The van der Waals surface area contributed by atoms with Crippen LogP contribution in [0.4, 0.5) is 9.18 Å². The van der Waals surface area contributed by atoms with E-state index in [9.17, 15) is 9.18 Å². The smallest absolute Gasteiger partial charge is 0.410 e. The lowest BCUT2D eigenvalue weighted by Crippen LogP contribution is -2.47. The third-order valence-corrected chi connectivity index (χ3v) is 4.24. The molecule has 4 nitrogen and oxygen atoms in total. The van der Waals surface area contributed by atoms with Gasteiger partial charge in [0.15, 0.2) is 0 Å². The molecule has 116 valence electrons. The molecule has 1 N–H and O–H groups in total. The minimum Gasteiger partial charge on any atom is -0.444 e. The van der Waals surface area contributed by atoms with Gasteiger partial charge in [0.2, 0.25) is 0 Å². The fraction of sp³-hybridized carbons (Fsp3) is 0.933. The highest BCUT2D eigenvalue weighted by Crippen LogP contribution is 2.31. The molecule has 0 aromatic rings. The van der Waals surface area contributed by atoms with Gasteiger partial charge in [-0.1, -0.05) is 0 Å². The van der Waals surface area contributed by atoms with Gasteiger partial charge >= 0.3 is 6.09 Å².